The smallest absolute Gasteiger partial charge is 0.246 e. The molecule has 0 spiro atoms. The zero-order valence-electron chi connectivity index (χ0n) is 16.0. The fourth-order valence-corrected chi connectivity index (χ4v) is 4.68. The number of nitrogens with one attached hydrogen (secondary N) is 1. The van der Waals surface area contributed by atoms with Crippen molar-refractivity contribution in [3.05, 3.63) is 24.3 Å². The molecule has 1 aromatic heterocycles. The summed E-state index contributed by atoms with van der Waals surface area (Å²) in [6, 6.07) is 6.60. The summed E-state index contributed by atoms with van der Waals surface area (Å²) in [6.07, 6.45) is 2.95. The number of hydrogen-bond donors (Lipinski definition) is 1. The fourth-order valence-electron chi connectivity index (χ4n) is 2.13. The third-order valence-corrected chi connectivity index (χ3v) is 6.69. The van der Waals surface area contributed by atoms with Crippen molar-refractivity contribution >= 4 is 49.8 Å². The highest BCUT2D eigenvalue weighted by atomic mass is 32.2. The van der Waals surface area contributed by atoms with Crippen LogP contribution in [-0.2, 0) is 14.8 Å². The Kier molecular flexibility index (Phi) is 8.52. The van der Waals surface area contributed by atoms with E-state index in [-0.39, 0.29) is 6.54 Å². The molecular formula is C17H24N4O4S3. The van der Waals surface area contributed by atoms with Gasteiger partial charge in [-0.3, -0.25) is 14.4 Å². The lowest BCUT2D eigenvalue weighted by Gasteiger charge is -2.21. The van der Waals surface area contributed by atoms with Crippen LogP contribution in [-0.4, -0.2) is 49.7 Å². The normalized spacial score (nSPS) is 11.2. The molecule has 0 atom stereocenters. The Labute approximate surface area is 173 Å². The summed E-state index contributed by atoms with van der Waals surface area (Å²) >= 11 is 2.83. The molecule has 154 valence electrons. The van der Waals surface area contributed by atoms with E-state index in [1.54, 1.807) is 36.0 Å². The van der Waals surface area contributed by atoms with E-state index in [2.05, 4.69) is 22.4 Å². The molecule has 1 amide bonds. The number of sulfonamides is 1. The predicted molar refractivity (Wildman–Crippen MR) is 114 cm³/mol. The Morgan fingerprint density at radius 1 is 1.21 bits per heavy atom. The van der Waals surface area contributed by atoms with Crippen LogP contribution >= 0.6 is 23.1 Å². The first-order valence-corrected chi connectivity index (χ1v) is 12.4. The van der Waals surface area contributed by atoms with Crippen LogP contribution in [0.3, 0.4) is 0 Å². The molecule has 0 fully saturated rings. The second-order valence-electron chi connectivity index (χ2n) is 5.88. The second kappa shape index (κ2) is 10.6. The van der Waals surface area contributed by atoms with Gasteiger partial charge in [0.15, 0.2) is 4.34 Å². The van der Waals surface area contributed by atoms with E-state index in [0.29, 0.717) is 23.2 Å². The van der Waals surface area contributed by atoms with Gasteiger partial charge < -0.3 is 4.74 Å². The third-order valence-electron chi connectivity index (χ3n) is 3.37. The summed E-state index contributed by atoms with van der Waals surface area (Å²) in [5, 5.41) is 10.9. The molecule has 1 aromatic carbocycles. The summed E-state index contributed by atoms with van der Waals surface area (Å²) in [7, 11) is -3.65. The Hall–Kier alpha value is -1.85. The lowest BCUT2D eigenvalue weighted by molar-refractivity contribution is -0.114. The topological polar surface area (TPSA) is 101 Å². The average molecular weight is 445 g/mol. The highest BCUT2D eigenvalue weighted by Gasteiger charge is 2.21. The Bertz CT molecular complexity index is 869. The van der Waals surface area contributed by atoms with Crippen molar-refractivity contribution in [1.82, 2.24) is 10.2 Å². The lowest BCUT2D eigenvalue weighted by atomic mass is 10.3. The number of carbonyl (C=O) groups is 1. The summed E-state index contributed by atoms with van der Waals surface area (Å²) < 4.78 is 31.7. The van der Waals surface area contributed by atoms with Gasteiger partial charge in [0.05, 0.1) is 18.6 Å². The van der Waals surface area contributed by atoms with Crippen LogP contribution in [0.15, 0.2) is 28.6 Å². The van der Waals surface area contributed by atoms with Crippen molar-refractivity contribution in [2.45, 2.75) is 31.0 Å². The molecule has 0 radical (unpaired) electrons. The number of amides is 1. The number of anilines is 2. The van der Waals surface area contributed by atoms with Gasteiger partial charge >= 0.3 is 0 Å². The van der Waals surface area contributed by atoms with E-state index in [4.69, 9.17) is 4.74 Å². The van der Waals surface area contributed by atoms with E-state index in [1.165, 1.54) is 11.3 Å². The molecule has 2 rings (SSSR count). The lowest BCUT2D eigenvalue weighted by Crippen LogP contribution is -2.37. The molecular weight excluding hydrogens is 420 g/mol. The van der Waals surface area contributed by atoms with Crippen LogP contribution in [0.25, 0.3) is 0 Å². The molecule has 0 bridgehead atoms. The molecule has 0 aliphatic rings. The van der Waals surface area contributed by atoms with Gasteiger partial charge in [-0.1, -0.05) is 36.9 Å². The number of nitrogens with zero attached hydrogens (tertiary/aromatic N) is 3. The van der Waals surface area contributed by atoms with Crippen LogP contribution in [0.4, 0.5) is 10.8 Å². The highest BCUT2D eigenvalue weighted by Crippen LogP contribution is 2.26. The molecule has 11 heteroatoms. The van der Waals surface area contributed by atoms with Gasteiger partial charge in [-0.2, -0.15) is 0 Å². The van der Waals surface area contributed by atoms with Crippen LogP contribution in [0.5, 0.6) is 5.75 Å². The molecule has 0 aliphatic heterocycles. The number of thioether (sulfide) groups is 1. The minimum absolute atomic E-state index is 0.348. The van der Waals surface area contributed by atoms with Crippen molar-refractivity contribution in [3.63, 3.8) is 0 Å². The second-order valence-corrected chi connectivity index (χ2v) is 10.1. The molecule has 1 N–H and O–H groups in total. The van der Waals surface area contributed by atoms with E-state index in [1.807, 2.05) is 6.92 Å². The summed E-state index contributed by atoms with van der Waals surface area (Å²) in [6.45, 7) is 4.30. The quantitative estimate of drug-likeness (QED) is 0.419. The number of carbonyl (C=O) groups excluding carboxylic acids is 1. The molecule has 0 aliphatic carbocycles. The van der Waals surface area contributed by atoms with Crippen LogP contribution in [0, 0.1) is 0 Å². The first-order valence-electron chi connectivity index (χ1n) is 8.80. The van der Waals surface area contributed by atoms with Gasteiger partial charge in [0.1, 0.15) is 12.3 Å². The standard InChI is InChI=1S/C17H24N4O4S3/c1-4-10-25-14-8-6-13(7-9-14)21(28(3,23)24)12-15(22)18-16-19-20-17(27-16)26-11-5-2/h6-9H,4-5,10-12H2,1-3H3,(H,18,19,22). The number of rotatable bonds is 11. The maximum atomic E-state index is 12.4. The maximum absolute atomic E-state index is 12.4. The minimum Gasteiger partial charge on any atom is -0.494 e. The monoisotopic (exact) mass is 444 g/mol. The number of aromatic nitrogens is 2. The van der Waals surface area contributed by atoms with Gasteiger partial charge in [-0.25, -0.2) is 8.42 Å². The van der Waals surface area contributed by atoms with Crippen LogP contribution in [0.1, 0.15) is 26.7 Å². The summed E-state index contributed by atoms with van der Waals surface area (Å²) in [5.41, 5.74) is 0.387. The first kappa shape index (κ1) is 22.4. The van der Waals surface area contributed by atoms with Crippen molar-refractivity contribution < 1.29 is 17.9 Å². The number of hydrogen-bond acceptors (Lipinski definition) is 8. The van der Waals surface area contributed by atoms with E-state index in [0.717, 1.165) is 33.5 Å². The minimum atomic E-state index is -3.65. The predicted octanol–water partition coefficient (Wildman–Crippen LogP) is 3.23. The van der Waals surface area contributed by atoms with Gasteiger partial charge in [0.25, 0.3) is 0 Å². The Balaban J connectivity index is 2.05. The number of ether oxygens (including phenoxy) is 1. The third kappa shape index (κ3) is 6.95. The van der Waals surface area contributed by atoms with Crippen molar-refractivity contribution in [2.75, 3.05) is 34.8 Å². The van der Waals surface area contributed by atoms with Gasteiger partial charge in [0.2, 0.25) is 21.1 Å². The fraction of sp³-hybridized carbons (Fsp3) is 0.471. The van der Waals surface area contributed by atoms with E-state index in [9.17, 15) is 13.2 Å². The van der Waals surface area contributed by atoms with E-state index < -0.39 is 15.9 Å². The summed E-state index contributed by atoms with van der Waals surface area (Å²) in [4.78, 5) is 12.4. The Morgan fingerprint density at radius 2 is 1.93 bits per heavy atom. The highest BCUT2D eigenvalue weighted by molar-refractivity contribution is 8.01. The largest absolute Gasteiger partial charge is 0.494 e. The van der Waals surface area contributed by atoms with Gasteiger partial charge in [-0.15, -0.1) is 10.2 Å². The summed E-state index contributed by atoms with van der Waals surface area (Å²) in [5.74, 6) is 1.08. The van der Waals surface area contributed by atoms with E-state index >= 15 is 0 Å². The maximum Gasteiger partial charge on any atom is 0.246 e. The molecule has 0 saturated carbocycles. The van der Waals surface area contributed by atoms with Crippen LogP contribution in [0.2, 0.25) is 0 Å². The molecule has 2 aromatic rings. The van der Waals surface area contributed by atoms with Gasteiger partial charge in [0, 0.05) is 5.75 Å². The molecule has 0 saturated heterocycles. The zero-order valence-corrected chi connectivity index (χ0v) is 18.5. The average Bonchev–Trinajstić information content (AvgIpc) is 3.09. The molecule has 8 nitrogen and oxygen atoms in total. The van der Waals surface area contributed by atoms with Crippen LogP contribution < -0.4 is 14.4 Å². The number of benzene rings is 1. The molecule has 28 heavy (non-hydrogen) atoms. The molecule has 1 heterocycles. The van der Waals surface area contributed by atoms with Crippen molar-refractivity contribution in [3.8, 4) is 5.75 Å². The first-order chi connectivity index (χ1) is 13.3. The molecule has 0 unspecified atom stereocenters. The zero-order chi connectivity index (χ0) is 20.6. The van der Waals surface area contributed by atoms with Crippen molar-refractivity contribution in [2.24, 2.45) is 0 Å². The Morgan fingerprint density at radius 3 is 2.54 bits per heavy atom. The SMILES string of the molecule is CCCOc1ccc(N(CC(=O)Nc2nnc(SCCC)s2)S(C)(=O)=O)cc1. The van der Waals surface area contributed by atoms with Crippen molar-refractivity contribution in [1.29, 1.82) is 0 Å². The van der Waals surface area contributed by atoms with Gasteiger partial charge in [-0.05, 0) is 37.1 Å².